The average molecular weight is 246 g/mol. The van der Waals surface area contributed by atoms with Gasteiger partial charge < -0.3 is 15.4 Å². The molecule has 3 nitrogen and oxygen atoms in total. The molecule has 98 valence electrons. The van der Waals surface area contributed by atoms with Gasteiger partial charge in [0, 0.05) is 19.5 Å². The Labute approximate surface area is 109 Å². The zero-order valence-electron chi connectivity index (χ0n) is 10.9. The first-order chi connectivity index (χ1) is 8.85. The fourth-order valence-corrected chi connectivity index (χ4v) is 2.99. The van der Waals surface area contributed by atoms with Crippen LogP contribution in [0.5, 0.6) is 5.75 Å². The van der Waals surface area contributed by atoms with E-state index in [9.17, 15) is 0 Å². The van der Waals surface area contributed by atoms with E-state index < -0.39 is 0 Å². The van der Waals surface area contributed by atoms with Gasteiger partial charge in [0.15, 0.2) is 0 Å². The summed E-state index contributed by atoms with van der Waals surface area (Å²) in [6.45, 7) is 5.26. The van der Waals surface area contributed by atoms with Gasteiger partial charge in [-0.05, 0) is 49.0 Å². The first-order valence-corrected chi connectivity index (χ1v) is 7.02. The van der Waals surface area contributed by atoms with Crippen LogP contribution in [0.4, 0.5) is 0 Å². The van der Waals surface area contributed by atoms with Crippen LogP contribution in [0.1, 0.15) is 17.5 Å². The van der Waals surface area contributed by atoms with Gasteiger partial charge in [0.25, 0.3) is 0 Å². The van der Waals surface area contributed by atoms with Gasteiger partial charge in [-0.25, -0.2) is 0 Å². The number of likely N-dealkylation sites (tertiary alicyclic amines) is 1. The highest BCUT2D eigenvalue weighted by Gasteiger charge is 2.20. The molecule has 1 unspecified atom stereocenters. The standard InChI is InChI=1S/C15H22N2O/c16-10-13-4-7-17(11-13)6-3-12-1-2-15-14(9-12)5-8-18-15/h1-2,9,13H,3-8,10-11,16H2. The molecule has 2 heterocycles. The van der Waals surface area contributed by atoms with Crippen LogP contribution in [0.3, 0.4) is 0 Å². The van der Waals surface area contributed by atoms with Crippen molar-refractivity contribution in [3.63, 3.8) is 0 Å². The van der Waals surface area contributed by atoms with Crippen molar-refractivity contribution in [3.05, 3.63) is 29.3 Å². The maximum Gasteiger partial charge on any atom is 0.122 e. The highest BCUT2D eigenvalue weighted by atomic mass is 16.5. The summed E-state index contributed by atoms with van der Waals surface area (Å²) in [4.78, 5) is 2.54. The first kappa shape index (κ1) is 12.0. The lowest BCUT2D eigenvalue weighted by atomic mass is 10.1. The van der Waals surface area contributed by atoms with Gasteiger partial charge in [0.1, 0.15) is 5.75 Å². The molecule has 0 bridgehead atoms. The number of benzene rings is 1. The SMILES string of the molecule is NCC1CCN(CCc2ccc3c(c2)CCO3)C1. The normalized spacial score (nSPS) is 23.1. The zero-order chi connectivity index (χ0) is 12.4. The molecular weight excluding hydrogens is 224 g/mol. The minimum absolute atomic E-state index is 0.721. The summed E-state index contributed by atoms with van der Waals surface area (Å²) < 4.78 is 5.54. The van der Waals surface area contributed by atoms with Gasteiger partial charge >= 0.3 is 0 Å². The number of hydrogen-bond acceptors (Lipinski definition) is 3. The lowest BCUT2D eigenvalue weighted by molar-refractivity contribution is 0.329. The topological polar surface area (TPSA) is 38.5 Å². The van der Waals surface area contributed by atoms with Crippen LogP contribution in [0.2, 0.25) is 0 Å². The third-order valence-electron chi connectivity index (χ3n) is 4.17. The van der Waals surface area contributed by atoms with Crippen molar-refractivity contribution in [2.75, 3.05) is 32.8 Å². The van der Waals surface area contributed by atoms with E-state index in [1.165, 1.54) is 30.6 Å². The lowest BCUT2D eigenvalue weighted by Crippen LogP contribution is -2.25. The number of rotatable bonds is 4. The molecule has 0 amide bonds. The third kappa shape index (κ3) is 2.52. The summed E-state index contributed by atoms with van der Waals surface area (Å²) in [6, 6.07) is 6.66. The van der Waals surface area contributed by atoms with E-state index in [0.29, 0.717) is 0 Å². The third-order valence-corrected chi connectivity index (χ3v) is 4.17. The van der Waals surface area contributed by atoms with Gasteiger partial charge in [-0.3, -0.25) is 0 Å². The van der Waals surface area contributed by atoms with E-state index in [1.807, 2.05) is 0 Å². The second-order valence-electron chi connectivity index (χ2n) is 5.48. The Morgan fingerprint density at radius 1 is 1.39 bits per heavy atom. The molecule has 0 aromatic heterocycles. The Morgan fingerprint density at radius 3 is 3.17 bits per heavy atom. The lowest BCUT2D eigenvalue weighted by Gasteiger charge is -2.15. The molecule has 0 radical (unpaired) electrons. The molecular formula is C15H22N2O. The fraction of sp³-hybridized carbons (Fsp3) is 0.600. The van der Waals surface area contributed by atoms with Gasteiger partial charge in [-0.1, -0.05) is 12.1 Å². The van der Waals surface area contributed by atoms with E-state index in [0.717, 1.165) is 44.2 Å². The van der Waals surface area contributed by atoms with Crippen LogP contribution in [0, 0.1) is 5.92 Å². The predicted molar refractivity (Wildman–Crippen MR) is 72.9 cm³/mol. The molecule has 2 N–H and O–H groups in total. The highest BCUT2D eigenvalue weighted by Crippen LogP contribution is 2.26. The van der Waals surface area contributed by atoms with Gasteiger partial charge in [0.2, 0.25) is 0 Å². The second kappa shape index (κ2) is 5.29. The molecule has 1 fully saturated rings. The molecule has 1 atom stereocenters. The van der Waals surface area contributed by atoms with E-state index >= 15 is 0 Å². The number of nitrogens with two attached hydrogens (primary N) is 1. The van der Waals surface area contributed by atoms with Gasteiger partial charge in [-0.2, -0.15) is 0 Å². The molecule has 2 aliphatic rings. The molecule has 18 heavy (non-hydrogen) atoms. The van der Waals surface area contributed by atoms with Crippen LogP contribution in [-0.2, 0) is 12.8 Å². The maximum atomic E-state index is 5.72. The Bertz CT molecular complexity index is 419. The monoisotopic (exact) mass is 246 g/mol. The van der Waals surface area contributed by atoms with Crippen molar-refractivity contribution < 1.29 is 4.74 Å². The molecule has 1 aromatic rings. The summed E-state index contributed by atoms with van der Waals surface area (Å²) in [5.74, 6) is 1.81. The van der Waals surface area contributed by atoms with E-state index in [4.69, 9.17) is 10.5 Å². The second-order valence-corrected chi connectivity index (χ2v) is 5.48. The van der Waals surface area contributed by atoms with Crippen molar-refractivity contribution in [1.29, 1.82) is 0 Å². The molecule has 1 saturated heterocycles. The fourth-order valence-electron chi connectivity index (χ4n) is 2.99. The Morgan fingerprint density at radius 2 is 2.33 bits per heavy atom. The van der Waals surface area contributed by atoms with E-state index in [-0.39, 0.29) is 0 Å². The minimum atomic E-state index is 0.721. The summed E-state index contributed by atoms with van der Waals surface area (Å²) >= 11 is 0. The quantitative estimate of drug-likeness (QED) is 0.874. The summed E-state index contributed by atoms with van der Waals surface area (Å²) in [5, 5.41) is 0. The number of ether oxygens (including phenoxy) is 1. The first-order valence-electron chi connectivity index (χ1n) is 7.02. The number of nitrogens with zero attached hydrogens (tertiary/aromatic N) is 1. The number of hydrogen-bond donors (Lipinski definition) is 1. The zero-order valence-corrected chi connectivity index (χ0v) is 10.9. The van der Waals surface area contributed by atoms with Crippen molar-refractivity contribution >= 4 is 0 Å². The smallest absolute Gasteiger partial charge is 0.122 e. The van der Waals surface area contributed by atoms with Crippen molar-refractivity contribution in [2.45, 2.75) is 19.3 Å². The summed E-state index contributed by atoms with van der Waals surface area (Å²) in [5.41, 5.74) is 8.55. The molecule has 0 aliphatic carbocycles. The van der Waals surface area contributed by atoms with Gasteiger partial charge in [-0.15, -0.1) is 0 Å². The molecule has 2 aliphatic heterocycles. The minimum Gasteiger partial charge on any atom is -0.493 e. The predicted octanol–water partition coefficient (Wildman–Crippen LogP) is 1.44. The summed E-state index contributed by atoms with van der Waals surface area (Å²) in [6.07, 6.45) is 3.49. The van der Waals surface area contributed by atoms with Crippen molar-refractivity contribution in [1.82, 2.24) is 4.90 Å². The summed E-state index contributed by atoms with van der Waals surface area (Å²) in [7, 11) is 0. The largest absolute Gasteiger partial charge is 0.493 e. The average Bonchev–Trinajstić information content (AvgIpc) is 3.04. The number of fused-ring (bicyclic) bond motifs is 1. The van der Waals surface area contributed by atoms with Crippen LogP contribution in [-0.4, -0.2) is 37.7 Å². The molecule has 0 spiro atoms. The van der Waals surface area contributed by atoms with Crippen LogP contribution in [0.15, 0.2) is 18.2 Å². The maximum absolute atomic E-state index is 5.72. The Balaban J connectivity index is 1.54. The van der Waals surface area contributed by atoms with Gasteiger partial charge in [0.05, 0.1) is 6.61 Å². The Hall–Kier alpha value is -1.06. The van der Waals surface area contributed by atoms with Crippen molar-refractivity contribution in [3.8, 4) is 5.75 Å². The molecule has 0 saturated carbocycles. The molecule has 1 aromatic carbocycles. The van der Waals surface area contributed by atoms with Crippen LogP contribution >= 0.6 is 0 Å². The van der Waals surface area contributed by atoms with Crippen LogP contribution in [0.25, 0.3) is 0 Å². The van der Waals surface area contributed by atoms with Crippen LogP contribution < -0.4 is 10.5 Å². The van der Waals surface area contributed by atoms with Crippen molar-refractivity contribution in [2.24, 2.45) is 11.7 Å². The molecule has 3 heteroatoms. The van der Waals surface area contributed by atoms with E-state index in [1.54, 1.807) is 0 Å². The highest BCUT2D eigenvalue weighted by molar-refractivity contribution is 5.39. The molecule has 3 rings (SSSR count). The Kier molecular flexibility index (Phi) is 3.52. The van der Waals surface area contributed by atoms with E-state index in [2.05, 4.69) is 23.1 Å².